The predicted octanol–water partition coefficient (Wildman–Crippen LogP) is 2.99. The van der Waals surface area contributed by atoms with Gasteiger partial charge in [-0.05, 0) is 17.7 Å². The molecule has 1 N–H and O–H groups in total. The van der Waals surface area contributed by atoms with E-state index in [1.54, 1.807) is 19.1 Å². The number of rotatable bonds is 5. The Hall–Kier alpha value is -2.42. The fraction of sp³-hybridized carbons (Fsp3) is 0.176. The van der Waals surface area contributed by atoms with Crippen LogP contribution in [0.4, 0.5) is 0 Å². The fourth-order valence-electron chi connectivity index (χ4n) is 2.07. The Kier molecular flexibility index (Phi) is 4.66. The number of amides is 1. The number of aldehydes is 1. The third kappa shape index (κ3) is 3.32. The fourth-order valence-corrected chi connectivity index (χ4v) is 2.07. The molecule has 2 rings (SSSR count). The van der Waals surface area contributed by atoms with Gasteiger partial charge >= 0.3 is 0 Å². The van der Waals surface area contributed by atoms with Crippen molar-refractivity contribution in [2.45, 2.75) is 13.0 Å². The van der Waals surface area contributed by atoms with E-state index in [-0.39, 0.29) is 17.9 Å². The van der Waals surface area contributed by atoms with Crippen LogP contribution in [0.3, 0.4) is 0 Å². The molecule has 2 aromatic carbocycles. The average molecular weight is 267 g/mol. The van der Waals surface area contributed by atoms with E-state index in [0.29, 0.717) is 5.56 Å². The molecule has 0 aromatic heterocycles. The van der Waals surface area contributed by atoms with Crippen LogP contribution >= 0.6 is 0 Å². The molecule has 3 heteroatoms. The highest BCUT2D eigenvalue weighted by molar-refractivity contribution is 5.94. The third-order valence-electron chi connectivity index (χ3n) is 3.22. The van der Waals surface area contributed by atoms with Crippen molar-refractivity contribution in [2.75, 3.05) is 0 Å². The molecule has 20 heavy (non-hydrogen) atoms. The zero-order valence-electron chi connectivity index (χ0n) is 11.3. The van der Waals surface area contributed by atoms with E-state index in [1.807, 2.05) is 48.5 Å². The Morgan fingerprint density at radius 1 is 1.00 bits per heavy atom. The minimum Gasteiger partial charge on any atom is -0.345 e. The van der Waals surface area contributed by atoms with Crippen LogP contribution in [0, 0.1) is 5.92 Å². The summed E-state index contributed by atoms with van der Waals surface area (Å²) >= 11 is 0. The van der Waals surface area contributed by atoms with Crippen LogP contribution in [-0.4, -0.2) is 12.2 Å². The molecule has 0 saturated heterocycles. The Bertz CT molecular complexity index is 566. The molecule has 0 radical (unpaired) electrons. The van der Waals surface area contributed by atoms with Crippen LogP contribution in [-0.2, 0) is 4.79 Å². The molecule has 2 unspecified atom stereocenters. The molecule has 0 aliphatic carbocycles. The number of hydrogen-bond acceptors (Lipinski definition) is 2. The molecule has 2 aromatic rings. The van der Waals surface area contributed by atoms with Gasteiger partial charge in [-0.1, -0.05) is 55.5 Å². The van der Waals surface area contributed by atoms with Crippen molar-refractivity contribution < 1.29 is 9.59 Å². The van der Waals surface area contributed by atoms with Crippen molar-refractivity contribution in [3.05, 3.63) is 71.8 Å². The van der Waals surface area contributed by atoms with Crippen molar-refractivity contribution >= 4 is 12.2 Å². The Labute approximate surface area is 118 Å². The Morgan fingerprint density at radius 3 is 2.10 bits per heavy atom. The van der Waals surface area contributed by atoms with Crippen LogP contribution in [0.2, 0.25) is 0 Å². The van der Waals surface area contributed by atoms with Gasteiger partial charge in [0.15, 0.2) is 0 Å². The minimum absolute atomic E-state index is 0.173. The normalized spacial score (nSPS) is 13.2. The van der Waals surface area contributed by atoms with E-state index in [0.717, 1.165) is 11.8 Å². The third-order valence-corrected chi connectivity index (χ3v) is 3.22. The summed E-state index contributed by atoms with van der Waals surface area (Å²) in [7, 11) is 0. The van der Waals surface area contributed by atoms with E-state index >= 15 is 0 Å². The van der Waals surface area contributed by atoms with Gasteiger partial charge in [0.25, 0.3) is 5.91 Å². The van der Waals surface area contributed by atoms with Crippen LogP contribution in [0.1, 0.15) is 28.9 Å². The molecule has 1 amide bonds. The van der Waals surface area contributed by atoms with Gasteiger partial charge in [0, 0.05) is 11.5 Å². The van der Waals surface area contributed by atoms with E-state index in [9.17, 15) is 9.59 Å². The molecule has 0 heterocycles. The summed E-state index contributed by atoms with van der Waals surface area (Å²) < 4.78 is 0. The topological polar surface area (TPSA) is 46.2 Å². The predicted molar refractivity (Wildman–Crippen MR) is 78.3 cm³/mol. The number of carbonyl (C=O) groups excluding carboxylic acids is 2. The van der Waals surface area contributed by atoms with E-state index in [1.165, 1.54) is 0 Å². The summed E-state index contributed by atoms with van der Waals surface area (Å²) in [6.45, 7) is 1.80. The van der Waals surface area contributed by atoms with Gasteiger partial charge in [0.05, 0.1) is 6.04 Å². The molecular formula is C17H17NO2. The maximum absolute atomic E-state index is 12.2. The lowest BCUT2D eigenvalue weighted by Gasteiger charge is -2.22. The second-order valence-corrected chi connectivity index (χ2v) is 4.72. The molecule has 102 valence electrons. The van der Waals surface area contributed by atoms with Crippen LogP contribution in [0.15, 0.2) is 60.7 Å². The first-order valence-electron chi connectivity index (χ1n) is 6.58. The number of hydrogen-bond donors (Lipinski definition) is 1. The number of carbonyl (C=O) groups is 2. The second kappa shape index (κ2) is 6.66. The lowest BCUT2D eigenvalue weighted by Crippen LogP contribution is -2.33. The standard InChI is InChI=1S/C17H17NO2/c1-13(12-19)16(14-8-4-2-5-9-14)18-17(20)15-10-6-3-7-11-15/h2-13,16H,1H3,(H,18,20). The van der Waals surface area contributed by atoms with E-state index < -0.39 is 0 Å². The van der Waals surface area contributed by atoms with Crippen LogP contribution in [0.5, 0.6) is 0 Å². The molecule has 2 atom stereocenters. The van der Waals surface area contributed by atoms with E-state index in [2.05, 4.69) is 5.32 Å². The first-order valence-corrected chi connectivity index (χ1v) is 6.58. The zero-order valence-corrected chi connectivity index (χ0v) is 11.3. The SMILES string of the molecule is CC(C=O)C(NC(=O)c1ccccc1)c1ccccc1. The summed E-state index contributed by atoms with van der Waals surface area (Å²) in [5.74, 6) is -0.460. The van der Waals surface area contributed by atoms with Gasteiger partial charge in [0.2, 0.25) is 0 Å². The van der Waals surface area contributed by atoms with Crippen molar-refractivity contribution in [3.63, 3.8) is 0 Å². The Morgan fingerprint density at radius 2 is 1.55 bits per heavy atom. The summed E-state index contributed by atoms with van der Waals surface area (Å²) in [6.07, 6.45) is 0.864. The molecule has 0 spiro atoms. The van der Waals surface area contributed by atoms with E-state index in [4.69, 9.17) is 0 Å². The van der Waals surface area contributed by atoms with Crippen molar-refractivity contribution in [3.8, 4) is 0 Å². The highest BCUT2D eigenvalue weighted by atomic mass is 16.1. The molecule has 0 fully saturated rings. The van der Waals surface area contributed by atoms with Crippen molar-refractivity contribution in [1.29, 1.82) is 0 Å². The summed E-state index contributed by atoms with van der Waals surface area (Å²) in [4.78, 5) is 23.3. The zero-order chi connectivity index (χ0) is 14.4. The molecule has 0 aliphatic heterocycles. The van der Waals surface area contributed by atoms with Gasteiger partial charge in [-0.25, -0.2) is 0 Å². The maximum Gasteiger partial charge on any atom is 0.251 e. The highest BCUT2D eigenvalue weighted by Crippen LogP contribution is 2.21. The van der Waals surface area contributed by atoms with Gasteiger partial charge in [0.1, 0.15) is 6.29 Å². The lowest BCUT2D eigenvalue weighted by molar-refractivity contribution is -0.111. The summed E-state index contributed by atoms with van der Waals surface area (Å²) in [6, 6.07) is 18.2. The smallest absolute Gasteiger partial charge is 0.251 e. The van der Waals surface area contributed by atoms with Gasteiger partial charge < -0.3 is 10.1 Å². The summed E-state index contributed by atoms with van der Waals surface area (Å²) in [5, 5.41) is 2.93. The highest BCUT2D eigenvalue weighted by Gasteiger charge is 2.21. The molecule has 0 bridgehead atoms. The van der Waals surface area contributed by atoms with Crippen LogP contribution < -0.4 is 5.32 Å². The molecule has 0 saturated carbocycles. The van der Waals surface area contributed by atoms with Gasteiger partial charge in [-0.3, -0.25) is 4.79 Å². The first kappa shape index (κ1) is 14.0. The second-order valence-electron chi connectivity index (χ2n) is 4.72. The average Bonchev–Trinajstić information content (AvgIpc) is 2.53. The van der Waals surface area contributed by atoms with Crippen molar-refractivity contribution in [2.24, 2.45) is 5.92 Å². The largest absolute Gasteiger partial charge is 0.345 e. The number of nitrogens with one attached hydrogen (secondary N) is 1. The molecular weight excluding hydrogens is 250 g/mol. The van der Waals surface area contributed by atoms with Crippen molar-refractivity contribution in [1.82, 2.24) is 5.32 Å². The van der Waals surface area contributed by atoms with Gasteiger partial charge in [-0.2, -0.15) is 0 Å². The summed E-state index contributed by atoms with van der Waals surface area (Å²) in [5.41, 5.74) is 1.52. The quantitative estimate of drug-likeness (QED) is 0.846. The lowest BCUT2D eigenvalue weighted by atomic mass is 9.95. The number of benzene rings is 2. The minimum atomic E-state index is -0.318. The monoisotopic (exact) mass is 267 g/mol. The first-order chi connectivity index (χ1) is 9.72. The van der Waals surface area contributed by atoms with Gasteiger partial charge in [-0.15, -0.1) is 0 Å². The Balaban J connectivity index is 2.21. The molecule has 3 nitrogen and oxygen atoms in total. The maximum atomic E-state index is 12.2. The molecule has 0 aliphatic rings. The van der Waals surface area contributed by atoms with Crippen LogP contribution in [0.25, 0.3) is 0 Å².